The Bertz CT molecular complexity index is 1170. The van der Waals surface area contributed by atoms with Gasteiger partial charge in [-0.1, -0.05) is 25.4 Å². The number of benzene rings is 2. The van der Waals surface area contributed by atoms with E-state index in [1.54, 1.807) is 6.07 Å². The molecular weight excluding hydrogens is 450 g/mol. The number of ether oxygens (including phenoxy) is 1. The van der Waals surface area contributed by atoms with Crippen molar-refractivity contribution in [3.8, 4) is 28.6 Å². The lowest BCUT2D eigenvalue weighted by atomic mass is 10.0. The Hall–Kier alpha value is -3.56. The number of carbonyl (C=O) groups excluding carboxylic acids is 2. The molecule has 1 atom stereocenters. The molecule has 186 valence electrons. The molecule has 35 heavy (non-hydrogen) atoms. The normalized spacial score (nSPS) is 11.8. The summed E-state index contributed by atoms with van der Waals surface area (Å²) in [4.78, 5) is 27.1. The van der Waals surface area contributed by atoms with Gasteiger partial charge in [-0.25, -0.2) is 0 Å². The molecule has 0 aliphatic carbocycles. The fraction of sp³-hybridized carbons (Fsp3) is 0.385. The monoisotopic (exact) mass is 481 g/mol. The van der Waals surface area contributed by atoms with Crippen LogP contribution in [0.4, 0.5) is 0 Å². The number of aryl methyl sites for hydroxylation is 3. The highest BCUT2D eigenvalue weighted by Gasteiger charge is 2.17. The number of aromatic nitrogens is 2. The molecule has 0 unspecified atom stereocenters. The van der Waals surface area contributed by atoms with Crippen LogP contribution in [0.5, 0.6) is 5.75 Å². The van der Waals surface area contributed by atoms with Crippen LogP contribution in [0.1, 0.15) is 47.3 Å². The maximum Gasteiger partial charge on any atom is 0.258 e. The van der Waals surface area contributed by atoms with E-state index in [0.29, 0.717) is 35.0 Å². The van der Waals surface area contributed by atoms with Crippen LogP contribution in [0.2, 0.25) is 0 Å². The maximum atomic E-state index is 11.4. The highest BCUT2D eigenvalue weighted by Crippen LogP contribution is 2.31. The molecule has 3 rings (SSSR count). The lowest BCUT2D eigenvalue weighted by Gasteiger charge is -2.17. The second-order valence-electron chi connectivity index (χ2n) is 8.32. The minimum atomic E-state index is -0.922. The van der Waals surface area contributed by atoms with Crippen LogP contribution in [0.3, 0.4) is 0 Å². The van der Waals surface area contributed by atoms with Gasteiger partial charge in [-0.15, -0.1) is 0 Å². The molecule has 0 bridgehead atoms. The van der Waals surface area contributed by atoms with Gasteiger partial charge in [0.15, 0.2) is 0 Å². The molecule has 0 saturated heterocycles. The Morgan fingerprint density at radius 1 is 1.20 bits per heavy atom. The van der Waals surface area contributed by atoms with Gasteiger partial charge >= 0.3 is 0 Å². The first-order valence-electron chi connectivity index (χ1n) is 11.6. The molecule has 0 saturated carbocycles. The van der Waals surface area contributed by atoms with E-state index in [2.05, 4.69) is 22.4 Å². The zero-order chi connectivity index (χ0) is 25.4. The number of aldehydes is 1. The van der Waals surface area contributed by atoms with Crippen molar-refractivity contribution in [1.29, 1.82) is 0 Å². The Labute approximate surface area is 204 Å². The molecule has 0 aliphatic heterocycles. The lowest BCUT2D eigenvalue weighted by molar-refractivity contribution is -0.124. The van der Waals surface area contributed by atoms with Crippen LogP contribution in [0, 0.1) is 6.92 Å². The summed E-state index contributed by atoms with van der Waals surface area (Å²) in [5.41, 5.74) is 4.81. The summed E-state index contributed by atoms with van der Waals surface area (Å²) in [6.07, 6.45) is 2.37. The summed E-state index contributed by atoms with van der Waals surface area (Å²) in [7, 11) is 0. The van der Waals surface area contributed by atoms with Gasteiger partial charge in [0, 0.05) is 23.2 Å². The first-order valence-corrected chi connectivity index (χ1v) is 11.6. The molecule has 0 spiro atoms. The molecule has 0 fully saturated rings. The molecule has 2 aromatic carbocycles. The van der Waals surface area contributed by atoms with Gasteiger partial charge < -0.3 is 24.8 Å². The Morgan fingerprint density at radius 3 is 2.69 bits per heavy atom. The fourth-order valence-electron chi connectivity index (χ4n) is 3.77. The second-order valence-corrected chi connectivity index (χ2v) is 8.32. The SMILES string of the molecule is CCCc1cc(C=O)cc(-c2nc(-c3cc(C)c(OC[C@@H](O)CNC(=O)CO)c(CC)c3)no2)c1. The lowest BCUT2D eigenvalue weighted by Crippen LogP contribution is -2.36. The molecule has 0 radical (unpaired) electrons. The molecule has 1 amide bonds. The van der Waals surface area contributed by atoms with Crippen LogP contribution < -0.4 is 10.1 Å². The Morgan fingerprint density at radius 2 is 2.00 bits per heavy atom. The standard InChI is InChI=1S/C26H31N3O6/c1-4-6-17-8-18(13-30)10-21(9-17)26-28-25(29-35-26)20-7-16(3)24(19(5-2)11-20)34-15-22(32)12-27-23(33)14-31/h7-11,13,22,31-32H,4-6,12,14-15H2,1-3H3,(H,27,33)/t22-/m0/s1. The van der Waals surface area contributed by atoms with E-state index in [1.165, 1.54) is 0 Å². The zero-order valence-electron chi connectivity index (χ0n) is 20.2. The predicted octanol–water partition coefficient (Wildman–Crippen LogP) is 2.89. The van der Waals surface area contributed by atoms with Gasteiger partial charge in [0.25, 0.3) is 5.89 Å². The zero-order valence-corrected chi connectivity index (χ0v) is 20.2. The summed E-state index contributed by atoms with van der Waals surface area (Å²) >= 11 is 0. The minimum Gasteiger partial charge on any atom is -0.490 e. The molecule has 9 heteroatoms. The number of nitrogens with one attached hydrogen (secondary N) is 1. The highest BCUT2D eigenvalue weighted by molar-refractivity contribution is 5.78. The summed E-state index contributed by atoms with van der Waals surface area (Å²) in [6.45, 7) is 5.30. The molecule has 9 nitrogen and oxygen atoms in total. The number of hydrogen-bond donors (Lipinski definition) is 3. The number of amides is 1. The predicted molar refractivity (Wildman–Crippen MR) is 130 cm³/mol. The smallest absolute Gasteiger partial charge is 0.258 e. The molecular formula is C26H31N3O6. The quantitative estimate of drug-likeness (QED) is 0.336. The van der Waals surface area contributed by atoms with E-state index in [1.807, 2.05) is 38.1 Å². The van der Waals surface area contributed by atoms with Crippen molar-refractivity contribution in [1.82, 2.24) is 15.5 Å². The van der Waals surface area contributed by atoms with Gasteiger partial charge in [-0.3, -0.25) is 9.59 Å². The van der Waals surface area contributed by atoms with Crippen molar-refractivity contribution < 1.29 is 29.1 Å². The first-order chi connectivity index (χ1) is 16.9. The molecule has 3 N–H and O–H groups in total. The van der Waals surface area contributed by atoms with Crippen molar-refractivity contribution in [3.63, 3.8) is 0 Å². The second kappa shape index (κ2) is 12.2. The van der Waals surface area contributed by atoms with Crippen molar-refractivity contribution in [2.24, 2.45) is 0 Å². The van der Waals surface area contributed by atoms with Gasteiger partial charge in [-0.2, -0.15) is 4.98 Å². The van der Waals surface area contributed by atoms with E-state index < -0.39 is 18.6 Å². The average molecular weight is 482 g/mol. The van der Waals surface area contributed by atoms with Crippen LogP contribution >= 0.6 is 0 Å². The van der Waals surface area contributed by atoms with Gasteiger partial charge in [0.2, 0.25) is 11.7 Å². The van der Waals surface area contributed by atoms with Crippen LogP contribution in [-0.4, -0.2) is 58.4 Å². The number of aliphatic hydroxyl groups excluding tert-OH is 2. The van der Waals surface area contributed by atoms with E-state index >= 15 is 0 Å². The van der Waals surface area contributed by atoms with Crippen molar-refractivity contribution >= 4 is 12.2 Å². The largest absolute Gasteiger partial charge is 0.490 e. The minimum absolute atomic E-state index is 0.0155. The Balaban J connectivity index is 1.81. The number of nitrogens with zero attached hydrogens (tertiary/aromatic N) is 2. The van der Waals surface area contributed by atoms with Crippen LogP contribution in [0.25, 0.3) is 22.8 Å². The Kier molecular flexibility index (Phi) is 9.11. The van der Waals surface area contributed by atoms with E-state index in [4.69, 9.17) is 14.4 Å². The summed E-state index contributed by atoms with van der Waals surface area (Å²) in [5.74, 6) is 0.850. The van der Waals surface area contributed by atoms with E-state index in [0.717, 1.165) is 41.4 Å². The van der Waals surface area contributed by atoms with Crippen molar-refractivity contribution in [3.05, 3.63) is 52.6 Å². The summed E-state index contributed by atoms with van der Waals surface area (Å²) in [5, 5.41) is 25.4. The van der Waals surface area contributed by atoms with E-state index in [-0.39, 0.29) is 13.2 Å². The third-order valence-corrected chi connectivity index (χ3v) is 5.45. The maximum absolute atomic E-state index is 11.4. The highest BCUT2D eigenvalue weighted by atomic mass is 16.5. The fourth-order valence-corrected chi connectivity index (χ4v) is 3.77. The van der Waals surface area contributed by atoms with E-state index in [9.17, 15) is 14.7 Å². The molecule has 1 heterocycles. The third-order valence-electron chi connectivity index (χ3n) is 5.45. The number of hydrogen-bond acceptors (Lipinski definition) is 8. The van der Waals surface area contributed by atoms with Crippen LogP contribution in [-0.2, 0) is 17.6 Å². The third kappa shape index (κ3) is 6.74. The van der Waals surface area contributed by atoms with Crippen LogP contribution in [0.15, 0.2) is 34.9 Å². The number of rotatable bonds is 12. The molecule has 3 aromatic rings. The molecule has 0 aliphatic rings. The summed E-state index contributed by atoms with van der Waals surface area (Å²) < 4.78 is 11.4. The van der Waals surface area contributed by atoms with Crippen molar-refractivity contribution in [2.75, 3.05) is 19.8 Å². The first kappa shape index (κ1) is 26.1. The van der Waals surface area contributed by atoms with Gasteiger partial charge in [0.05, 0.1) is 0 Å². The summed E-state index contributed by atoms with van der Waals surface area (Å²) in [6, 6.07) is 9.36. The number of carbonyl (C=O) groups is 2. The number of aliphatic hydroxyl groups is 2. The topological polar surface area (TPSA) is 135 Å². The van der Waals surface area contributed by atoms with Gasteiger partial charge in [-0.05, 0) is 66.8 Å². The molecule has 1 aromatic heterocycles. The average Bonchev–Trinajstić information content (AvgIpc) is 3.36. The van der Waals surface area contributed by atoms with Gasteiger partial charge in [0.1, 0.15) is 31.4 Å². The van der Waals surface area contributed by atoms with Crippen molar-refractivity contribution in [2.45, 2.75) is 46.1 Å².